The molecule has 0 amide bonds. The van der Waals surface area contributed by atoms with Crippen LogP contribution in [0.15, 0.2) is 41.3 Å². The summed E-state index contributed by atoms with van der Waals surface area (Å²) in [5, 5.41) is 7.41. The zero-order valence-electron chi connectivity index (χ0n) is 10.3. The highest BCUT2D eigenvalue weighted by Gasteiger charge is 2.14. The molecule has 0 spiro atoms. The molecule has 1 N–H and O–H groups in total. The van der Waals surface area contributed by atoms with Crippen molar-refractivity contribution in [2.45, 2.75) is 11.3 Å². The van der Waals surface area contributed by atoms with Gasteiger partial charge in [-0.1, -0.05) is 23.7 Å². The highest BCUT2D eigenvalue weighted by Crippen LogP contribution is 2.16. The largest absolute Gasteiger partial charge is 0.263 e. The van der Waals surface area contributed by atoms with Gasteiger partial charge < -0.3 is 0 Å². The smallest absolute Gasteiger partial charge is 0.262 e. The minimum atomic E-state index is -3.69. The van der Waals surface area contributed by atoms with Crippen molar-refractivity contribution in [1.82, 2.24) is 10.2 Å². The third-order valence-electron chi connectivity index (χ3n) is 2.49. The number of benzene rings is 1. The molecule has 1 aromatic carbocycles. The first-order chi connectivity index (χ1) is 9.51. The molecule has 0 aliphatic carbocycles. The molecule has 0 bridgehead atoms. The lowest BCUT2D eigenvalue weighted by molar-refractivity contribution is 0.601. The van der Waals surface area contributed by atoms with E-state index in [-0.39, 0.29) is 15.9 Å². The Labute approximate surface area is 127 Å². The highest BCUT2D eigenvalue weighted by atomic mass is 35.5. The maximum atomic E-state index is 12.1. The summed E-state index contributed by atoms with van der Waals surface area (Å²) >= 11 is 11.2. The van der Waals surface area contributed by atoms with Gasteiger partial charge in [0.15, 0.2) is 11.0 Å². The van der Waals surface area contributed by atoms with E-state index in [0.29, 0.717) is 12.3 Å². The van der Waals surface area contributed by atoms with Crippen molar-refractivity contribution in [2.24, 2.45) is 0 Å². The quantitative estimate of drug-likeness (QED) is 0.855. The zero-order chi connectivity index (χ0) is 14.6. The monoisotopic (exact) mass is 331 g/mol. The standard InChI is InChI=1S/C12H11Cl2N3O2S/c13-8-7-9-1-3-10(4-2-9)20(18,19)17-12-6-5-11(14)15-16-12/h1-6H,7-8H2,(H,16,17). The molecule has 2 rings (SSSR count). The van der Waals surface area contributed by atoms with Crippen LogP contribution in [0, 0.1) is 0 Å². The fraction of sp³-hybridized carbons (Fsp3) is 0.167. The first-order valence-electron chi connectivity index (χ1n) is 5.68. The molecule has 5 nitrogen and oxygen atoms in total. The van der Waals surface area contributed by atoms with E-state index in [1.807, 2.05) is 0 Å². The Morgan fingerprint density at radius 2 is 1.75 bits per heavy atom. The van der Waals surface area contributed by atoms with Gasteiger partial charge in [0.1, 0.15) is 0 Å². The number of sulfonamides is 1. The van der Waals surface area contributed by atoms with Gasteiger partial charge in [0.2, 0.25) is 0 Å². The zero-order valence-corrected chi connectivity index (χ0v) is 12.6. The van der Waals surface area contributed by atoms with Crippen LogP contribution in [0.4, 0.5) is 5.82 Å². The number of rotatable bonds is 5. The molecule has 0 aliphatic heterocycles. The number of nitrogens with one attached hydrogen (secondary N) is 1. The Hall–Kier alpha value is -1.37. The average molecular weight is 332 g/mol. The Morgan fingerprint density at radius 3 is 2.30 bits per heavy atom. The van der Waals surface area contributed by atoms with E-state index in [1.165, 1.54) is 24.3 Å². The van der Waals surface area contributed by atoms with E-state index in [4.69, 9.17) is 23.2 Å². The molecule has 106 valence electrons. The summed E-state index contributed by atoms with van der Waals surface area (Å²) in [5.41, 5.74) is 0.977. The van der Waals surface area contributed by atoms with Crippen LogP contribution in [0.5, 0.6) is 0 Å². The first-order valence-corrected chi connectivity index (χ1v) is 8.08. The van der Waals surface area contributed by atoms with Crippen molar-refractivity contribution in [3.8, 4) is 0 Å². The van der Waals surface area contributed by atoms with E-state index in [0.717, 1.165) is 5.56 Å². The van der Waals surface area contributed by atoms with Crippen LogP contribution in [0.3, 0.4) is 0 Å². The van der Waals surface area contributed by atoms with E-state index in [2.05, 4.69) is 14.9 Å². The molecule has 1 aromatic heterocycles. The third-order valence-corrected chi connectivity index (χ3v) is 4.25. The SMILES string of the molecule is O=S(=O)(Nc1ccc(Cl)nn1)c1ccc(CCCl)cc1. The lowest BCUT2D eigenvalue weighted by Gasteiger charge is -2.07. The van der Waals surface area contributed by atoms with Crippen LogP contribution >= 0.6 is 23.2 Å². The number of hydrogen-bond donors (Lipinski definition) is 1. The van der Waals surface area contributed by atoms with E-state index >= 15 is 0 Å². The molecule has 0 unspecified atom stereocenters. The van der Waals surface area contributed by atoms with Gasteiger partial charge in [-0.05, 0) is 36.2 Å². The van der Waals surface area contributed by atoms with Crippen LogP contribution in [0.25, 0.3) is 0 Å². The summed E-state index contributed by atoms with van der Waals surface area (Å²) < 4.78 is 26.6. The van der Waals surface area contributed by atoms with Gasteiger partial charge in [-0.2, -0.15) is 0 Å². The molecule has 2 aromatic rings. The second kappa shape index (κ2) is 6.39. The first kappa shape index (κ1) is 15.0. The minimum Gasteiger partial charge on any atom is -0.262 e. The number of alkyl halides is 1. The predicted octanol–water partition coefficient (Wildman–Crippen LogP) is 2.71. The van der Waals surface area contributed by atoms with Gasteiger partial charge in [0, 0.05) is 5.88 Å². The Morgan fingerprint density at radius 1 is 1.05 bits per heavy atom. The van der Waals surface area contributed by atoms with Crippen molar-refractivity contribution in [1.29, 1.82) is 0 Å². The maximum absolute atomic E-state index is 12.1. The summed E-state index contributed by atoms with van der Waals surface area (Å²) in [6.07, 6.45) is 0.692. The summed E-state index contributed by atoms with van der Waals surface area (Å²) in [4.78, 5) is 0.146. The Balaban J connectivity index is 2.19. The fourth-order valence-corrected chi connectivity index (χ4v) is 2.83. The highest BCUT2D eigenvalue weighted by molar-refractivity contribution is 7.92. The lowest BCUT2D eigenvalue weighted by atomic mass is 10.2. The summed E-state index contributed by atoms with van der Waals surface area (Å²) in [6.45, 7) is 0. The van der Waals surface area contributed by atoms with Gasteiger partial charge in [-0.3, -0.25) is 4.72 Å². The van der Waals surface area contributed by atoms with Gasteiger partial charge in [0.25, 0.3) is 10.0 Å². The molecule has 1 heterocycles. The number of aryl methyl sites for hydroxylation is 1. The van der Waals surface area contributed by atoms with Crippen LogP contribution < -0.4 is 4.72 Å². The van der Waals surface area contributed by atoms with Crippen molar-refractivity contribution in [2.75, 3.05) is 10.6 Å². The van der Waals surface area contributed by atoms with Gasteiger partial charge in [-0.25, -0.2) is 8.42 Å². The lowest BCUT2D eigenvalue weighted by Crippen LogP contribution is -2.14. The van der Waals surface area contributed by atoms with Gasteiger partial charge >= 0.3 is 0 Å². The Bertz CT molecular complexity index is 673. The molecule has 0 radical (unpaired) electrons. The topological polar surface area (TPSA) is 72.0 Å². The van der Waals surface area contributed by atoms with Crippen LogP contribution in [0.1, 0.15) is 5.56 Å². The summed E-state index contributed by atoms with van der Waals surface area (Å²) in [6, 6.07) is 9.39. The molecular weight excluding hydrogens is 321 g/mol. The molecule has 0 aliphatic rings. The number of halogens is 2. The Kier molecular flexibility index (Phi) is 4.80. The van der Waals surface area contributed by atoms with Crippen molar-refractivity contribution in [3.63, 3.8) is 0 Å². The van der Waals surface area contributed by atoms with Gasteiger partial charge in [-0.15, -0.1) is 21.8 Å². The summed E-state index contributed by atoms with van der Waals surface area (Å²) in [7, 11) is -3.69. The molecule has 0 fully saturated rings. The summed E-state index contributed by atoms with van der Waals surface area (Å²) in [5.74, 6) is 0.601. The van der Waals surface area contributed by atoms with Crippen molar-refractivity contribution < 1.29 is 8.42 Å². The molecule has 20 heavy (non-hydrogen) atoms. The maximum Gasteiger partial charge on any atom is 0.263 e. The molecule has 0 saturated carbocycles. The number of aromatic nitrogens is 2. The van der Waals surface area contributed by atoms with E-state index in [1.54, 1.807) is 12.1 Å². The molecule has 8 heteroatoms. The second-order valence-electron chi connectivity index (χ2n) is 3.93. The second-order valence-corrected chi connectivity index (χ2v) is 6.38. The minimum absolute atomic E-state index is 0.110. The number of anilines is 1. The van der Waals surface area contributed by atoms with Crippen LogP contribution in [-0.4, -0.2) is 24.5 Å². The van der Waals surface area contributed by atoms with Crippen molar-refractivity contribution in [3.05, 3.63) is 47.1 Å². The normalized spacial score (nSPS) is 11.3. The van der Waals surface area contributed by atoms with Crippen molar-refractivity contribution >= 4 is 39.0 Å². The predicted molar refractivity (Wildman–Crippen MR) is 78.7 cm³/mol. The number of hydrogen-bond acceptors (Lipinski definition) is 4. The van der Waals surface area contributed by atoms with Gasteiger partial charge in [0.05, 0.1) is 4.90 Å². The van der Waals surface area contributed by atoms with E-state index in [9.17, 15) is 8.42 Å². The number of nitrogens with zero attached hydrogens (tertiary/aromatic N) is 2. The fourth-order valence-electron chi connectivity index (χ4n) is 1.51. The van der Waals surface area contributed by atoms with Crippen LogP contribution in [0.2, 0.25) is 5.15 Å². The van der Waals surface area contributed by atoms with Crippen LogP contribution in [-0.2, 0) is 16.4 Å². The van der Waals surface area contributed by atoms with E-state index < -0.39 is 10.0 Å². The third kappa shape index (κ3) is 3.82. The molecular formula is C12H11Cl2N3O2S. The molecule has 0 saturated heterocycles. The molecule has 0 atom stereocenters. The average Bonchev–Trinajstić information content (AvgIpc) is 2.42.